The van der Waals surface area contributed by atoms with Gasteiger partial charge in [-0.15, -0.1) is 0 Å². The predicted octanol–water partition coefficient (Wildman–Crippen LogP) is 3.94. The molecular formula is C22H28N4O2. The van der Waals surface area contributed by atoms with Gasteiger partial charge in [0, 0.05) is 16.9 Å². The molecule has 0 atom stereocenters. The number of ketones is 1. The van der Waals surface area contributed by atoms with Gasteiger partial charge in [-0.05, 0) is 63.2 Å². The second-order valence-electron chi connectivity index (χ2n) is 7.73. The number of aromatic nitrogens is 2. The van der Waals surface area contributed by atoms with Gasteiger partial charge in [0.2, 0.25) is 0 Å². The molecule has 3 aromatic rings. The third kappa shape index (κ3) is 3.69. The van der Waals surface area contributed by atoms with E-state index < -0.39 is 0 Å². The van der Waals surface area contributed by atoms with Crippen molar-refractivity contribution in [3.8, 4) is 0 Å². The molecule has 0 amide bonds. The van der Waals surface area contributed by atoms with Crippen LogP contribution in [0.4, 0.5) is 0 Å². The van der Waals surface area contributed by atoms with Crippen LogP contribution in [0.5, 0.6) is 0 Å². The zero-order valence-electron chi connectivity index (χ0n) is 16.4. The van der Waals surface area contributed by atoms with E-state index in [0.29, 0.717) is 17.0 Å². The summed E-state index contributed by atoms with van der Waals surface area (Å²) in [4.78, 5) is 16.7. The van der Waals surface area contributed by atoms with Gasteiger partial charge in [-0.25, -0.2) is 0 Å². The van der Waals surface area contributed by atoms with Gasteiger partial charge in [-0.2, -0.15) is 9.89 Å². The molecule has 0 radical (unpaired) electrons. The number of unbranched alkanes of at least 4 members (excludes halogenated alkanes) is 2. The van der Waals surface area contributed by atoms with Crippen LogP contribution in [0.25, 0.3) is 10.9 Å². The SMILES string of the molecule is CCCCCN1CCC(c2nn(N)c3ccc(C(=O)c4ccoc4)cc23)CC1. The molecule has 0 spiro atoms. The number of nitrogens with zero attached hydrogens (tertiary/aromatic N) is 3. The van der Waals surface area contributed by atoms with Crippen molar-refractivity contribution in [3.63, 3.8) is 0 Å². The van der Waals surface area contributed by atoms with Crippen molar-refractivity contribution in [2.45, 2.75) is 44.9 Å². The normalized spacial score (nSPS) is 16.0. The Bertz CT molecular complexity index is 937. The zero-order chi connectivity index (χ0) is 19.5. The van der Waals surface area contributed by atoms with Crippen LogP contribution in [0.3, 0.4) is 0 Å². The Morgan fingerprint density at radius 3 is 2.75 bits per heavy atom. The highest BCUT2D eigenvalue weighted by Gasteiger charge is 2.25. The topological polar surface area (TPSA) is 77.3 Å². The Kier molecular flexibility index (Phi) is 5.48. The van der Waals surface area contributed by atoms with Gasteiger partial charge < -0.3 is 15.2 Å². The molecule has 0 saturated carbocycles. The third-order valence-corrected chi connectivity index (χ3v) is 5.83. The average molecular weight is 380 g/mol. The van der Waals surface area contributed by atoms with Crippen LogP contribution >= 0.6 is 0 Å². The van der Waals surface area contributed by atoms with E-state index in [1.165, 1.54) is 43.1 Å². The summed E-state index contributed by atoms with van der Waals surface area (Å²) < 4.78 is 5.05. The van der Waals surface area contributed by atoms with E-state index in [4.69, 9.17) is 10.3 Å². The number of furan rings is 1. The summed E-state index contributed by atoms with van der Waals surface area (Å²) in [7, 11) is 0. The lowest BCUT2D eigenvalue weighted by Crippen LogP contribution is -2.33. The lowest BCUT2D eigenvalue weighted by Gasteiger charge is -2.31. The molecule has 2 aromatic heterocycles. The quantitative estimate of drug-likeness (QED) is 0.382. The molecule has 1 aromatic carbocycles. The van der Waals surface area contributed by atoms with Gasteiger partial charge in [0.05, 0.1) is 23.0 Å². The average Bonchev–Trinajstić information content (AvgIpc) is 3.37. The minimum Gasteiger partial charge on any atom is -0.472 e. The van der Waals surface area contributed by atoms with Gasteiger partial charge in [0.25, 0.3) is 0 Å². The highest BCUT2D eigenvalue weighted by atomic mass is 16.3. The summed E-state index contributed by atoms with van der Waals surface area (Å²) in [5.41, 5.74) is 3.08. The highest BCUT2D eigenvalue weighted by Crippen LogP contribution is 2.33. The standard InChI is InChI=1S/C22H28N4O2/c1-2-3-4-10-25-11-7-16(8-12-25)21-19-14-17(5-6-20(19)26(23)24-21)22(27)18-9-13-28-15-18/h5-6,9,13-16H,2-4,7-8,10-12,23H2,1H3. The summed E-state index contributed by atoms with van der Waals surface area (Å²) in [6, 6.07) is 7.32. The van der Waals surface area contributed by atoms with Crippen LogP contribution in [0, 0.1) is 0 Å². The number of carbonyl (C=O) groups excluding carboxylic acids is 1. The summed E-state index contributed by atoms with van der Waals surface area (Å²) in [5.74, 6) is 6.45. The molecule has 0 bridgehead atoms. The van der Waals surface area contributed by atoms with Crippen LogP contribution in [0.1, 0.15) is 66.6 Å². The van der Waals surface area contributed by atoms with Crippen LogP contribution in [-0.2, 0) is 0 Å². The van der Waals surface area contributed by atoms with Crippen molar-refractivity contribution in [1.29, 1.82) is 0 Å². The summed E-state index contributed by atoms with van der Waals surface area (Å²) in [6.07, 6.45) is 9.00. The minimum absolute atomic E-state index is 0.0443. The second-order valence-corrected chi connectivity index (χ2v) is 7.73. The molecule has 1 fully saturated rings. The molecule has 1 saturated heterocycles. The molecule has 3 heterocycles. The molecule has 148 valence electrons. The van der Waals surface area contributed by atoms with Crippen LogP contribution in [-0.4, -0.2) is 40.2 Å². The third-order valence-electron chi connectivity index (χ3n) is 5.83. The first-order chi connectivity index (χ1) is 13.7. The highest BCUT2D eigenvalue weighted by molar-refractivity contribution is 6.10. The summed E-state index contributed by atoms with van der Waals surface area (Å²) in [5, 5.41) is 5.61. The number of carbonyl (C=O) groups is 1. The first-order valence-corrected chi connectivity index (χ1v) is 10.2. The Hall–Kier alpha value is -2.60. The fourth-order valence-corrected chi connectivity index (χ4v) is 4.18. The van der Waals surface area contributed by atoms with Crippen LogP contribution in [0.2, 0.25) is 0 Å². The molecule has 28 heavy (non-hydrogen) atoms. The fourth-order valence-electron chi connectivity index (χ4n) is 4.18. The zero-order valence-corrected chi connectivity index (χ0v) is 16.4. The van der Waals surface area contributed by atoms with Crippen molar-refractivity contribution >= 4 is 16.7 Å². The van der Waals surface area contributed by atoms with E-state index in [1.807, 2.05) is 18.2 Å². The number of nitrogen functional groups attached to an aromatic ring is 1. The van der Waals surface area contributed by atoms with E-state index in [1.54, 1.807) is 6.07 Å². The smallest absolute Gasteiger partial charge is 0.196 e. The largest absolute Gasteiger partial charge is 0.472 e. The Labute approximate surface area is 165 Å². The molecule has 4 rings (SSSR count). The van der Waals surface area contributed by atoms with Gasteiger partial charge in [0.15, 0.2) is 5.78 Å². The Balaban J connectivity index is 1.54. The number of fused-ring (bicyclic) bond motifs is 1. The molecule has 0 unspecified atom stereocenters. The summed E-state index contributed by atoms with van der Waals surface area (Å²) >= 11 is 0. The van der Waals surface area contributed by atoms with Crippen molar-refractivity contribution in [3.05, 3.63) is 53.6 Å². The number of piperidine rings is 1. The maximum Gasteiger partial charge on any atom is 0.196 e. The number of benzene rings is 1. The van der Waals surface area contributed by atoms with E-state index in [2.05, 4.69) is 16.9 Å². The number of rotatable bonds is 7. The van der Waals surface area contributed by atoms with E-state index in [-0.39, 0.29) is 5.78 Å². The van der Waals surface area contributed by atoms with Crippen molar-refractivity contribution in [1.82, 2.24) is 14.8 Å². The fraction of sp³-hybridized carbons (Fsp3) is 0.455. The van der Waals surface area contributed by atoms with Gasteiger partial charge >= 0.3 is 0 Å². The van der Waals surface area contributed by atoms with E-state index in [0.717, 1.165) is 42.5 Å². The number of hydrogen-bond acceptors (Lipinski definition) is 5. The van der Waals surface area contributed by atoms with E-state index in [9.17, 15) is 4.79 Å². The number of likely N-dealkylation sites (tertiary alicyclic amines) is 1. The van der Waals surface area contributed by atoms with Gasteiger partial charge in [0.1, 0.15) is 6.26 Å². The maximum absolute atomic E-state index is 12.7. The van der Waals surface area contributed by atoms with Crippen molar-refractivity contribution < 1.29 is 9.21 Å². The molecule has 1 aliphatic rings. The molecular weight excluding hydrogens is 352 g/mol. The Morgan fingerprint density at radius 2 is 2.04 bits per heavy atom. The van der Waals surface area contributed by atoms with Crippen molar-refractivity contribution in [2.24, 2.45) is 0 Å². The lowest BCUT2D eigenvalue weighted by atomic mass is 9.90. The molecule has 1 aliphatic heterocycles. The van der Waals surface area contributed by atoms with Crippen LogP contribution < -0.4 is 5.84 Å². The predicted molar refractivity (Wildman–Crippen MR) is 110 cm³/mol. The second kappa shape index (κ2) is 8.19. The Morgan fingerprint density at radius 1 is 1.21 bits per heavy atom. The van der Waals surface area contributed by atoms with Gasteiger partial charge in [-0.3, -0.25) is 4.79 Å². The molecule has 6 nitrogen and oxygen atoms in total. The molecule has 2 N–H and O–H groups in total. The minimum atomic E-state index is -0.0443. The first-order valence-electron chi connectivity index (χ1n) is 10.2. The summed E-state index contributed by atoms with van der Waals surface area (Å²) in [6.45, 7) is 5.63. The molecule has 6 heteroatoms. The first kappa shape index (κ1) is 18.7. The number of hydrogen-bond donors (Lipinski definition) is 1. The number of nitrogens with two attached hydrogens (primary N) is 1. The van der Waals surface area contributed by atoms with Gasteiger partial charge in [-0.1, -0.05) is 19.8 Å². The lowest BCUT2D eigenvalue weighted by molar-refractivity contribution is 0.103. The van der Waals surface area contributed by atoms with E-state index >= 15 is 0 Å². The molecule has 0 aliphatic carbocycles. The maximum atomic E-state index is 12.7. The monoisotopic (exact) mass is 380 g/mol. The van der Waals surface area contributed by atoms with Crippen LogP contribution in [0.15, 0.2) is 41.2 Å². The van der Waals surface area contributed by atoms with Crippen molar-refractivity contribution in [2.75, 3.05) is 25.5 Å².